The predicted octanol–water partition coefficient (Wildman–Crippen LogP) is 5.49. The van der Waals surface area contributed by atoms with Crippen molar-refractivity contribution in [3.8, 4) is 0 Å². The minimum atomic E-state index is -0.471. The maximum absolute atomic E-state index is 13.2. The molecule has 0 saturated carbocycles. The van der Waals surface area contributed by atoms with Crippen LogP contribution in [0.25, 0.3) is 0 Å². The molecule has 2 N–H and O–H groups in total. The monoisotopic (exact) mass is 644 g/mol. The number of anilines is 1. The van der Waals surface area contributed by atoms with E-state index >= 15 is 0 Å². The fraction of sp³-hybridized carbons (Fsp3) is 0.367. The lowest BCUT2D eigenvalue weighted by molar-refractivity contribution is -0.113. The number of halogens is 2. The highest BCUT2D eigenvalue weighted by molar-refractivity contribution is 7.99. The summed E-state index contributed by atoms with van der Waals surface area (Å²) in [6, 6.07) is 11.1. The third-order valence-electron chi connectivity index (χ3n) is 6.58. The minimum Gasteiger partial charge on any atom is -0.378 e. The first-order chi connectivity index (χ1) is 20.7. The van der Waals surface area contributed by atoms with Crippen LogP contribution < -0.4 is 10.6 Å². The Hall–Kier alpha value is -3.38. The number of carbonyl (C=O) groups excluding carboxylic acids is 3. The first kappa shape index (κ1) is 32.5. The number of carbonyl (C=O) groups is 3. The van der Waals surface area contributed by atoms with Gasteiger partial charge in [-0.2, -0.15) is 0 Å². The molecule has 0 bridgehead atoms. The quantitative estimate of drug-likeness (QED) is 0.198. The summed E-state index contributed by atoms with van der Waals surface area (Å²) in [5.41, 5.74) is 1.33. The van der Waals surface area contributed by atoms with Crippen LogP contribution in [0.15, 0.2) is 60.3 Å². The van der Waals surface area contributed by atoms with Gasteiger partial charge in [-0.1, -0.05) is 61.0 Å². The van der Waals surface area contributed by atoms with E-state index in [2.05, 4.69) is 27.4 Å². The van der Waals surface area contributed by atoms with Gasteiger partial charge in [-0.15, -0.1) is 16.8 Å². The molecule has 0 radical (unpaired) electrons. The van der Waals surface area contributed by atoms with E-state index in [0.717, 1.165) is 0 Å². The van der Waals surface area contributed by atoms with Crippen LogP contribution in [0.5, 0.6) is 0 Å². The number of morpholine rings is 1. The highest BCUT2D eigenvalue weighted by Crippen LogP contribution is 2.27. The average molecular weight is 646 g/mol. The molecule has 0 unspecified atom stereocenters. The van der Waals surface area contributed by atoms with Gasteiger partial charge in [0.1, 0.15) is 0 Å². The van der Waals surface area contributed by atoms with Gasteiger partial charge in [-0.25, -0.2) is 0 Å². The van der Waals surface area contributed by atoms with E-state index in [1.807, 2.05) is 18.4 Å². The highest BCUT2D eigenvalue weighted by atomic mass is 35.5. The van der Waals surface area contributed by atoms with Crippen LogP contribution in [-0.2, 0) is 16.1 Å². The van der Waals surface area contributed by atoms with E-state index in [-0.39, 0.29) is 34.4 Å². The molecule has 43 heavy (non-hydrogen) atoms. The van der Waals surface area contributed by atoms with Crippen molar-refractivity contribution in [1.29, 1.82) is 0 Å². The van der Waals surface area contributed by atoms with Gasteiger partial charge in [0, 0.05) is 35.9 Å². The second kappa shape index (κ2) is 15.4. The predicted molar refractivity (Wildman–Crippen MR) is 169 cm³/mol. The van der Waals surface area contributed by atoms with Crippen LogP contribution in [0, 0.1) is 5.92 Å². The third kappa shape index (κ3) is 8.82. The Morgan fingerprint density at radius 2 is 1.88 bits per heavy atom. The molecular formula is C30H34Cl2N6O4S. The van der Waals surface area contributed by atoms with Crippen molar-refractivity contribution < 1.29 is 19.1 Å². The normalized spacial score (nSPS) is 13.9. The first-order valence-electron chi connectivity index (χ1n) is 13.9. The standard InChI is InChI=1S/C30H34Cl2N6O4S/c1-4-10-38-27(25(15-19(2)3)34-28(40)23-9-8-21(31)17-24(23)32)35-36-30(38)43-18-26(39)33-22-7-5-6-20(16-22)29(41)37-11-13-42-14-12-37/h4-9,16-17,19,25H,1,10-15,18H2,2-3H3,(H,33,39)(H,34,40)/t25-/m0/s1. The second-order valence-corrected chi connectivity index (χ2v) is 12.1. The van der Waals surface area contributed by atoms with Gasteiger partial charge < -0.3 is 24.8 Å². The molecule has 228 valence electrons. The number of rotatable bonds is 12. The lowest BCUT2D eigenvalue weighted by atomic mass is 10.0. The molecule has 1 atom stereocenters. The molecule has 0 spiro atoms. The summed E-state index contributed by atoms with van der Waals surface area (Å²) in [5, 5.41) is 15.8. The topological polar surface area (TPSA) is 118 Å². The van der Waals surface area contributed by atoms with E-state index < -0.39 is 6.04 Å². The summed E-state index contributed by atoms with van der Waals surface area (Å²) < 4.78 is 7.16. The molecule has 13 heteroatoms. The summed E-state index contributed by atoms with van der Waals surface area (Å²) >= 11 is 13.5. The SMILES string of the molecule is C=CCn1c(SCC(=O)Nc2cccc(C(=O)N3CCOCC3)c2)nnc1[C@H](CC(C)C)NC(=O)c1ccc(Cl)cc1Cl. The molecule has 0 aliphatic carbocycles. The van der Waals surface area contributed by atoms with Crippen molar-refractivity contribution in [2.24, 2.45) is 5.92 Å². The maximum Gasteiger partial charge on any atom is 0.254 e. The van der Waals surface area contributed by atoms with Crippen LogP contribution in [0.3, 0.4) is 0 Å². The summed E-state index contributed by atoms with van der Waals surface area (Å²) in [7, 11) is 0. The van der Waals surface area contributed by atoms with Gasteiger partial charge in [-0.3, -0.25) is 14.4 Å². The molecule has 1 saturated heterocycles. The Labute approximate surface area is 265 Å². The molecule has 1 aliphatic rings. The largest absolute Gasteiger partial charge is 0.378 e. The van der Waals surface area contributed by atoms with Crippen LogP contribution >= 0.6 is 35.0 Å². The van der Waals surface area contributed by atoms with Crippen molar-refractivity contribution in [2.45, 2.75) is 38.0 Å². The number of thioether (sulfide) groups is 1. The molecular weight excluding hydrogens is 611 g/mol. The second-order valence-electron chi connectivity index (χ2n) is 10.3. The Bertz CT molecular complexity index is 1470. The maximum atomic E-state index is 13.2. The lowest BCUT2D eigenvalue weighted by Gasteiger charge is -2.27. The summed E-state index contributed by atoms with van der Waals surface area (Å²) in [6.07, 6.45) is 2.30. The van der Waals surface area contributed by atoms with E-state index in [1.165, 1.54) is 17.8 Å². The van der Waals surface area contributed by atoms with Crippen LogP contribution in [0.1, 0.15) is 52.9 Å². The van der Waals surface area contributed by atoms with Crippen molar-refractivity contribution >= 4 is 58.4 Å². The van der Waals surface area contributed by atoms with E-state index in [1.54, 1.807) is 47.4 Å². The zero-order valence-electron chi connectivity index (χ0n) is 24.0. The molecule has 1 aromatic heterocycles. The number of ether oxygens (including phenoxy) is 1. The van der Waals surface area contributed by atoms with Crippen molar-refractivity contribution in [3.63, 3.8) is 0 Å². The summed E-state index contributed by atoms with van der Waals surface area (Å²) in [4.78, 5) is 40.6. The van der Waals surface area contributed by atoms with Gasteiger partial charge >= 0.3 is 0 Å². The first-order valence-corrected chi connectivity index (χ1v) is 15.6. The molecule has 3 aromatic rings. The van der Waals surface area contributed by atoms with Crippen LogP contribution in [-0.4, -0.2) is 69.4 Å². The molecule has 4 rings (SSSR count). The summed E-state index contributed by atoms with van der Waals surface area (Å²) in [6.45, 7) is 10.4. The smallest absolute Gasteiger partial charge is 0.254 e. The molecule has 1 fully saturated rings. The number of allylic oxidation sites excluding steroid dienone is 1. The van der Waals surface area contributed by atoms with Gasteiger partial charge in [0.25, 0.3) is 11.8 Å². The fourth-order valence-electron chi connectivity index (χ4n) is 4.58. The van der Waals surface area contributed by atoms with Gasteiger partial charge in [0.05, 0.1) is 35.6 Å². The van der Waals surface area contributed by atoms with Crippen molar-refractivity contribution in [2.75, 3.05) is 37.4 Å². The number of nitrogens with one attached hydrogen (secondary N) is 2. The molecule has 3 amide bonds. The van der Waals surface area contributed by atoms with Gasteiger partial charge in [-0.05, 0) is 48.7 Å². The molecule has 10 nitrogen and oxygen atoms in total. The molecule has 2 heterocycles. The lowest BCUT2D eigenvalue weighted by Crippen LogP contribution is -2.40. The van der Waals surface area contributed by atoms with Crippen molar-refractivity contribution in [1.82, 2.24) is 25.0 Å². The Morgan fingerprint density at radius 1 is 1.12 bits per heavy atom. The molecule has 2 aromatic carbocycles. The third-order valence-corrected chi connectivity index (χ3v) is 8.10. The number of nitrogens with zero attached hydrogens (tertiary/aromatic N) is 4. The Kier molecular flexibility index (Phi) is 11.6. The van der Waals surface area contributed by atoms with E-state index in [9.17, 15) is 14.4 Å². The van der Waals surface area contributed by atoms with E-state index in [0.29, 0.717) is 72.1 Å². The number of hydrogen-bond acceptors (Lipinski definition) is 7. The molecule has 1 aliphatic heterocycles. The average Bonchev–Trinajstić information content (AvgIpc) is 3.38. The Balaban J connectivity index is 1.45. The fourth-order valence-corrected chi connectivity index (χ4v) is 5.83. The number of hydrogen-bond donors (Lipinski definition) is 2. The van der Waals surface area contributed by atoms with Gasteiger partial charge in [0.2, 0.25) is 5.91 Å². The van der Waals surface area contributed by atoms with Crippen LogP contribution in [0.4, 0.5) is 5.69 Å². The zero-order chi connectivity index (χ0) is 30.9. The number of aromatic nitrogens is 3. The van der Waals surface area contributed by atoms with E-state index in [4.69, 9.17) is 27.9 Å². The highest BCUT2D eigenvalue weighted by Gasteiger charge is 2.26. The summed E-state index contributed by atoms with van der Waals surface area (Å²) in [5.74, 6) is 0.110. The minimum absolute atomic E-state index is 0.0541. The van der Waals surface area contributed by atoms with Crippen LogP contribution in [0.2, 0.25) is 10.0 Å². The zero-order valence-corrected chi connectivity index (χ0v) is 26.3. The number of benzene rings is 2. The number of amides is 3. The van der Waals surface area contributed by atoms with Crippen molar-refractivity contribution in [3.05, 3.63) is 82.1 Å². The van der Waals surface area contributed by atoms with Gasteiger partial charge in [0.15, 0.2) is 11.0 Å². The Morgan fingerprint density at radius 3 is 2.58 bits per heavy atom.